The molecule has 0 aliphatic heterocycles. The maximum atomic E-state index is 12.3. The van der Waals surface area contributed by atoms with E-state index in [-0.39, 0.29) is 0 Å². The zero-order valence-electron chi connectivity index (χ0n) is 11.8. The van der Waals surface area contributed by atoms with Crippen molar-refractivity contribution >= 4 is 40.2 Å². The van der Waals surface area contributed by atoms with Gasteiger partial charge < -0.3 is 5.32 Å². The molecule has 1 N–H and O–H groups in total. The van der Waals surface area contributed by atoms with Crippen LogP contribution in [-0.2, 0) is 0 Å². The van der Waals surface area contributed by atoms with Gasteiger partial charge in [0.15, 0.2) is 0 Å². The van der Waals surface area contributed by atoms with Crippen molar-refractivity contribution in [2.45, 2.75) is 0 Å². The molecule has 1 heterocycles. The number of hydrogen-bond donors (Lipinski definition) is 1. The van der Waals surface area contributed by atoms with Crippen LogP contribution in [0, 0.1) is 0 Å². The molecule has 2 aromatic rings. The zero-order chi connectivity index (χ0) is 15.4. The molecular formula is C15H15ClN4O. The van der Waals surface area contributed by atoms with Crippen LogP contribution in [-0.4, -0.2) is 29.9 Å². The van der Waals surface area contributed by atoms with Crippen LogP contribution < -0.4 is 11.0 Å². The molecular weight excluding hydrogens is 288 g/mol. The van der Waals surface area contributed by atoms with Gasteiger partial charge in [-0.2, -0.15) is 4.98 Å². The van der Waals surface area contributed by atoms with Gasteiger partial charge in [0.1, 0.15) is 5.82 Å². The van der Waals surface area contributed by atoms with Gasteiger partial charge in [0, 0.05) is 30.7 Å². The Labute approximate surface area is 127 Å². The minimum atomic E-state index is -0.415. The Kier molecular flexibility index (Phi) is 4.55. The maximum absolute atomic E-state index is 12.3. The van der Waals surface area contributed by atoms with Gasteiger partial charge in [-0.15, -0.1) is 0 Å². The fourth-order valence-corrected chi connectivity index (χ4v) is 2.23. The van der Waals surface area contributed by atoms with Crippen molar-refractivity contribution in [3.05, 3.63) is 52.4 Å². The molecule has 0 saturated heterocycles. The normalized spacial score (nSPS) is 12.0. The van der Waals surface area contributed by atoms with E-state index in [2.05, 4.69) is 21.9 Å². The van der Waals surface area contributed by atoms with Crippen LogP contribution in [0.3, 0.4) is 0 Å². The summed E-state index contributed by atoms with van der Waals surface area (Å²) in [5, 5.41) is 4.25. The van der Waals surface area contributed by atoms with Crippen LogP contribution in [0.4, 0.5) is 5.82 Å². The SMILES string of the molecule is C=C/C=C(\C=NC)n1c(=O)nc(NC)c2ccc(Cl)cc21. The molecule has 0 saturated carbocycles. The number of fused-ring (bicyclic) bond motifs is 1. The van der Waals surface area contributed by atoms with Crippen molar-refractivity contribution < 1.29 is 0 Å². The van der Waals surface area contributed by atoms with E-state index >= 15 is 0 Å². The van der Waals surface area contributed by atoms with Crippen LogP contribution >= 0.6 is 11.6 Å². The summed E-state index contributed by atoms with van der Waals surface area (Å²) in [5.74, 6) is 0.509. The molecule has 0 aliphatic rings. The number of allylic oxidation sites excluding steroid dienone is 3. The minimum absolute atomic E-state index is 0.415. The van der Waals surface area contributed by atoms with E-state index in [1.165, 1.54) is 4.57 Å². The second kappa shape index (κ2) is 6.37. The lowest BCUT2D eigenvalue weighted by atomic mass is 10.2. The highest BCUT2D eigenvalue weighted by Gasteiger charge is 2.12. The molecule has 2 rings (SSSR count). The summed E-state index contributed by atoms with van der Waals surface area (Å²) in [6.45, 7) is 3.66. The van der Waals surface area contributed by atoms with Crippen molar-refractivity contribution in [1.82, 2.24) is 9.55 Å². The Morgan fingerprint density at radius 3 is 2.90 bits per heavy atom. The second-order valence-corrected chi connectivity index (χ2v) is 4.64. The van der Waals surface area contributed by atoms with Gasteiger partial charge in [0.05, 0.1) is 11.2 Å². The van der Waals surface area contributed by atoms with Gasteiger partial charge >= 0.3 is 5.69 Å². The number of halogens is 1. The van der Waals surface area contributed by atoms with E-state index in [9.17, 15) is 4.79 Å². The Hall–Kier alpha value is -2.40. The van der Waals surface area contributed by atoms with E-state index in [1.54, 1.807) is 44.6 Å². The molecule has 0 aliphatic carbocycles. The van der Waals surface area contributed by atoms with Crippen molar-refractivity contribution in [1.29, 1.82) is 0 Å². The number of nitrogens with one attached hydrogen (secondary N) is 1. The molecule has 21 heavy (non-hydrogen) atoms. The topological polar surface area (TPSA) is 59.3 Å². The Bertz CT molecular complexity index is 805. The monoisotopic (exact) mass is 302 g/mol. The van der Waals surface area contributed by atoms with E-state index in [0.29, 0.717) is 22.1 Å². The van der Waals surface area contributed by atoms with Crippen LogP contribution in [0.15, 0.2) is 46.7 Å². The molecule has 0 unspecified atom stereocenters. The number of hydrogen-bond acceptors (Lipinski definition) is 4. The third-order valence-electron chi connectivity index (χ3n) is 2.90. The highest BCUT2D eigenvalue weighted by atomic mass is 35.5. The first-order valence-electron chi connectivity index (χ1n) is 6.27. The summed E-state index contributed by atoms with van der Waals surface area (Å²) in [6.07, 6.45) is 4.85. The van der Waals surface area contributed by atoms with Crippen LogP contribution in [0.25, 0.3) is 16.6 Å². The largest absolute Gasteiger partial charge is 0.372 e. The average molecular weight is 303 g/mol. The quantitative estimate of drug-likeness (QED) is 0.698. The molecule has 6 heteroatoms. The van der Waals surface area contributed by atoms with Gasteiger partial charge in [0.25, 0.3) is 0 Å². The number of aromatic nitrogens is 2. The predicted octanol–water partition coefficient (Wildman–Crippen LogP) is 2.82. The summed E-state index contributed by atoms with van der Waals surface area (Å²) in [6, 6.07) is 5.30. The highest BCUT2D eigenvalue weighted by molar-refractivity contribution is 6.31. The summed E-state index contributed by atoms with van der Waals surface area (Å²) in [4.78, 5) is 20.4. The van der Waals surface area contributed by atoms with Crippen LogP contribution in [0.1, 0.15) is 0 Å². The smallest absolute Gasteiger partial charge is 0.354 e. The lowest BCUT2D eigenvalue weighted by Crippen LogP contribution is -2.24. The predicted molar refractivity (Wildman–Crippen MR) is 89.4 cm³/mol. The molecule has 1 aromatic carbocycles. The number of nitrogens with zero attached hydrogens (tertiary/aromatic N) is 3. The lowest BCUT2D eigenvalue weighted by Gasteiger charge is -2.13. The first-order chi connectivity index (χ1) is 10.1. The third-order valence-corrected chi connectivity index (χ3v) is 3.13. The fourth-order valence-electron chi connectivity index (χ4n) is 2.07. The number of aliphatic imine (C=N–C) groups is 1. The molecule has 108 valence electrons. The summed E-state index contributed by atoms with van der Waals surface area (Å²) in [7, 11) is 3.35. The Morgan fingerprint density at radius 1 is 1.52 bits per heavy atom. The van der Waals surface area contributed by atoms with Crippen molar-refractivity contribution in [3.63, 3.8) is 0 Å². The molecule has 0 spiro atoms. The molecule has 0 radical (unpaired) electrons. The summed E-state index contributed by atoms with van der Waals surface area (Å²) >= 11 is 6.07. The van der Waals surface area contributed by atoms with E-state index < -0.39 is 5.69 Å². The molecule has 0 atom stereocenters. The standard InChI is InChI=1S/C15H15ClN4O/c1-4-5-11(9-17-2)20-13-8-10(16)6-7-12(13)14(18-3)19-15(20)21/h4-9H,1H2,2-3H3,(H,18,19,21)/b11-5+,17-9?. The van der Waals surface area contributed by atoms with Crippen molar-refractivity contribution in [2.24, 2.45) is 4.99 Å². The van der Waals surface area contributed by atoms with E-state index in [1.807, 2.05) is 6.07 Å². The summed E-state index contributed by atoms with van der Waals surface area (Å²) in [5.41, 5.74) is 0.807. The average Bonchev–Trinajstić information content (AvgIpc) is 2.46. The van der Waals surface area contributed by atoms with Gasteiger partial charge in [-0.05, 0) is 24.3 Å². The zero-order valence-corrected chi connectivity index (χ0v) is 12.6. The minimum Gasteiger partial charge on any atom is -0.372 e. The first-order valence-corrected chi connectivity index (χ1v) is 6.65. The van der Waals surface area contributed by atoms with Crippen LogP contribution in [0.5, 0.6) is 0 Å². The fraction of sp³-hybridized carbons (Fsp3) is 0.133. The molecule has 0 bridgehead atoms. The van der Waals surface area contributed by atoms with E-state index in [4.69, 9.17) is 11.6 Å². The third kappa shape index (κ3) is 2.87. The molecule has 5 nitrogen and oxygen atoms in total. The lowest BCUT2D eigenvalue weighted by molar-refractivity contribution is 0.996. The summed E-state index contributed by atoms with van der Waals surface area (Å²) < 4.78 is 1.46. The van der Waals surface area contributed by atoms with Gasteiger partial charge in [-0.1, -0.05) is 24.3 Å². The van der Waals surface area contributed by atoms with E-state index in [0.717, 1.165) is 5.39 Å². The molecule has 0 fully saturated rings. The second-order valence-electron chi connectivity index (χ2n) is 4.20. The van der Waals surface area contributed by atoms with Gasteiger partial charge in [-0.3, -0.25) is 9.56 Å². The number of benzene rings is 1. The van der Waals surface area contributed by atoms with Crippen molar-refractivity contribution in [2.75, 3.05) is 19.4 Å². The number of anilines is 1. The maximum Gasteiger partial charge on any atom is 0.354 e. The van der Waals surface area contributed by atoms with Crippen LogP contribution in [0.2, 0.25) is 5.02 Å². The highest BCUT2D eigenvalue weighted by Crippen LogP contribution is 2.24. The first kappa shape index (κ1) is 15.0. The van der Waals surface area contributed by atoms with Gasteiger partial charge in [-0.25, -0.2) is 4.79 Å². The van der Waals surface area contributed by atoms with Gasteiger partial charge in [0.2, 0.25) is 0 Å². The number of rotatable bonds is 4. The molecule has 0 amide bonds. The van der Waals surface area contributed by atoms with Crippen molar-refractivity contribution in [3.8, 4) is 0 Å². The Morgan fingerprint density at radius 2 is 2.29 bits per heavy atom. The molecule has 1 aromatic heterocycles. The Balaban J connectivity index is 2.94.